The number of nitrogens with zero attached hydrogens (tertiary/aromatic N) is 2. The maximum atomic E-state index is 11.7. The number of esters is 1. The molecule has 2 heterocycles. The summed E-state index contributed by atoms with van der Waals surface area (Å²) in [5.41, 5.74) is 3.19. The number of imidazole rings is 1. The fourth-order valence-corrected chi connectivity index (χ4v) is 3.54. The minimum Gasteiger partial charge on any atom is -0.469 e. The first-order valence-corrected chi connectivity index (χ1v) is 8.49. The van der Waals surface area contributed by atoms with Crippen LogP contribution in [0.1, 0.15) is 30.1 Å². The van der Waals surface area contributed by atoms with Gasteiger partial charge in [0, 0.05) is 6.61 Å². The minimum atomic E-state index is -0.118. The third-order valence-electron chi connectivity index (χ3n) is 4.87. The Labute approximate surface area is 139 Å². The molecule has 1 saturated heterocycles. The van der Waals surface area contributed by atoms with Crippen molar-refractivity contribution >= 4 is 28.6 Å². The van der Waals surface area contributed by atoms with Crippen molar-refractivity contribution in [3.63, 3.8) is 0 Å². The first kappa shape index (κ1) is 15.0. The molecule has 1 aliphatic carbocycles. The summed E-state index contributed by atoms with van der Waals surface area (Å²) in [6, 6.07) is 6.22. The molecule has 0 bridgehead atoms. The van der Waals surface area contributed by atoms with Crippen LogP contribution in [0.4, 0.5) is 0 Å². The Balaban J connectivity index is 1.67. The van der Waals surface area contributed by atoms with Crippen LogP contribution in [0.3, 0.4) is 0 Å². The summed E-state index contributed by atoms with van der Waals surface area (Å²) in [5.74, 6) is 1.39. The number of aromatic nitrogens is 2. The summed E-state index contributed by atoms with van der Waals surface area (Å²) in [5, 5.41) is 0. The molecule has 1 saturated carbocycles. The lowest BCUT2D eigenvalue weighted by Crippen LogP contribution is -2.31. The van der Waals surface area contributed by atoms with E-state index in [-0.39, 0.29) is 23.9 Å². The normalized spacial score (nSPS) is 26.1. The highest BCUT2D eigenvalue weighted by molar-refractivity contribution is 6.16. The van der Waals surface area contributed by atoms with Crippen molar-refractivity contribution in [3.8, 4) is 0 Å². The van der Waals surface area contributed by atoms with Gasteiger partial charge < -0.3 is 14.0 Å². The van der Waals surface area contributed by atoms with Gasteiger partial charge in [0.2, 0.25) is 0 Å². The van der Waals surface area contributed by atoms with Crippen molar-refractivity contribution < 1.29 is 14.3 Å². The van der Waals surface area contributed by atoms with E-state index in [0.29, 0.717) is 5.88 Å². The zero-order valence-corrected chi connectivity index (χ0v) is 13.8. The highest BCUT2D eigenvalue weighted by Gasteiger charge is 2.45. The van der Waals surface area contributed by atoms with E-state index in [4.69, 9.17) is 21.1 Å². The van der Waals surface area contributed by atoms with Crippen LogP contribution >= 0.6 is 11.6 Å². The fraction of sp³-hybridized carbons (Fsp3) is 0.529. The second kappa shape index (κ2) is 5.80. The molecule has 0 radical (unpaired) electrons. The Hall–Kier alpha value is -1.59. The summed E-state index contributed by atoms with van der Waals surface area (Å²) in [7, 11) is 1.45. The van der Waals surface area contributed by atoms with Crippen LogP contribution in [0.15, 0.2) is 18.2 Å². The smallest absolute Gasteiger partial charge is 0.309 e. The number of hydrogen-bond acceptors (Lipinski definition) is 4. The summed E-state index contributed by atoms with van der Waals surface area (Å²) in [4.78, 5) is 16.3. The molecule has 0 spiro atoms. The molecular formula is C17H19ClN2O3. The monoisotopic (exact) mass is 334 g/mol. The molecule has 5 nitrogen and oxygen atoms in total. The number of alkyl halides is 1. The largest absolute Gasteiger partial charge is 0.469 e. The minimum absolute atomic E-state index is 0.00344. The fourth-order valence-electron chi connectivity index (χ4n) is 3.33. The number of carbonyl (C=O) groups excluding carboxylic acids is 1. The first-order valence-electron chi connectivity index (χ1n) is 7.95. The predicted octanol–water partition coefficient (Wildman–Crippen LogP) is 2.84. The highest BCUT2D eigenvalue weighted by Crippen LogP contribution is 2.48. The Morgan fingerprint density at radius 3 is 3.00 bits per heavy atom. The summed E-state index contributed by atoms with van der Waals surface area (Å²) >= 11 is 6.06. The number of carbonyl (C=O) groups is 1. The second-order valence-corrected chi connectivity index (χ2v) is 6.54. The molecule has 2 aliphatic rings. The van der Waals surface area contributed by atoms with Gasteiger partial charge in [-0.2, -0.15) is 0 Å². The van der Waals surface area contributed by atoms with Crippen LogP contribution in [0, 0.1) is 5.92 Å². The first-order chi connectivity index (χ1) is 11.2. The Morgan fingerprint density at radius 2 is 2.35 bits per heavy atom. The van der Waals surface area contributed by atoms with Gasteiger partial charge in [-0.15, -0.1) is 11.6 Å². The number of halogens is 1. The van der Waals surface area contributed by atoms with Crippen LogP contribution in [-0.2, 0) is 26.7 Å². The molecule has 2 fully saturated rings. The summed E-state index contributed by atoms with van der Waals surface area (Å²) in [6.45, 7) is 1.62. The van der Waals surface area contributed by atoms with E-state index in [1.807, 2.05) is 6.07 Å². The van der Waals surface area contributed by atoms with Crippen molar-refractivity contribution in [1.29, 1.82) is 0 Å². The summed E-state index contributed by atoms with van der Waals surface area (Å²) < 4.78 is 12.6. The average molecular weight is 335 g/mol. The van der Waals surface area contributed by atoms with Crippen molar-refractivity contribution in [2.24, 2.45) is 5.92 Å². The lowest BCUT2D eigenvalue weighted by Gasteiger charge is -2.27. The molecule has 3 atom stereocenters. The van der Waals surface area contributed by atoms with E-state index >= 15 is 0 Å². The van der Waals surface area contributed by atoms with Gasteiger partial charge in [0.1, 0.15) is 5.82 Å². The van der Waals surface area contributed by atoms with E-state index in [0.717, 1.165) is 42.9 Å². The molecule has 23 heavy (non-hydrogen) atoms. The second-order valence-electron chi connectivity index (χ2n) is 6.27. The van der Waals surface area contributed by atoms with Gasteiger partial charge in [0.25, 0.3) is 0 Å². The van der Waals surface area contributed by atoms with E-state index in [1.54, 1.807) is 0 Å². The molecule has 1 aromatic heterocycles. The van der Waals surface area contributed by atoms with E-state index in [1.165, 1.54) is 12.7 Å². The molecule has 2 aromatic rings. The molecule has 1 aliphatic heterocycles. The predicted molar refractivity (Wildman–Crippen MR) is 86.5 cm³/mol. The lowest BCUT2D eigenvalue weighted by atomic mass is 10.1. The van der Waals surface area contributed by atoms with Crippen LogP contribution in [0.5, 0.6) is 0 Å². The van der Waals surface area contributed by atoms with Gasteiger partial charge in [-0.1, -0.05) is 6.07 Å². The van der Waals surface area contributed by atoms with Crippen molar-refractivity contribution in [3.05, 3.63) is 29.6 Å². The van der Waals surface area contributed by atoms with Gasteiger partial charge in [-0.25, -0.2) is 4.98 Å². The SMILES string of the molecule is COC(=O)C1CC1c1ccc2nc(CCl)n(CC3CCO3)c2c1. The topological polar surface area (TPSA) is 53.3 Å². The molecular weight excluding hydrogens is 316 g/mol. The molecule has 6 heteroatoms. The van der Waals surface area contributed by atoms with Crippen LogP contribution in [-0.4, -0.2) is 35.3 Å². The zero-order valence-electron chi connectivity index (χ0n) is 13.0. The molecule has 0 amide bonds. The van der Waals surface area contributed by atoms with Crippen LogP contribution in [0.25, 0.3) is 11.0 Å². The molecule has 0 N–H and O–H groups in total. The third-order valence-corrected chi connectivity index (χ3v) is 5.11. The molecule has 1 aromatic carbocycles. The van der Waals surface area contributed by atoms with Crippen LogP contribution in [0.2, 0.25) is 0 Å². The Morgan fingerprint density at radius 1 is 1.52 bits per heavy atom. The Bertz CT molecular complexity index is 754. The zero-order chi connectivity index (χ0) is 16.0. The quantitative estimate of drug-likeness (QED) is 0.623. The number of ether oxygens (including phenoxy) is 2. The van der Waals surface area contributed by atoms with Gasteiger partial charge >= 0.3 is 5.97 Å². The van der Waals surface area contributed by atoms with E-state index < -0.39 is 0 Å². The van der Waals surface area contributed by atoms with Gasteiger partial charge in [-0.05, 0) is 36.5 Å². The maximum Gasteiger partial charge on any atom is 0.309 e. The van der Waals surface area contributed by atoms with E-state index in [2.05, 4.69) is 21.7 Å². The Kier molecular flexibility index (Phi) is 3.77. The number of hydrogen-bond donors (Lipinski definition) is 0. The third kappa shape index (κ3) is 2.62. The molecule has 3 unspecified atom stereocenters. The maximum absolute atomic E-state index is 11.7. The van der Waals surface area contributed by atoms with Gasteiger partial charge in [-0.3, -0.25) is 4.79 Å². The number of benzene rings is 1. The van der Waals surface area contributed by atoms with Crippen molar-refractivity contribution in [2.45, 2.75) is 37.3 Å². The van der Waals surface area contributed by atoms with Gasteiger partial charge in [0.05, 0.1) is 42.6 Å². The number of methoxy groups -OCH3 is 1. The standard InChI is InChI=1S/C17H19ClN2O3/c1-22-17(21)13-7-12(13)10-2-3-14-15(6-10)20(16(8-18)19-14)9-11-4-5-23-11/h2-3,6,11-13H,4-5,7-9H2,1H3. The van der Waals surface area contributed by atoms with Crippen LogP contribution < -0.4 is 0 Å². The average Bonchev–Trinajstić information content (AvgIpc) is 3.25. The van der Waals surface area contributed by atoms with Crippen molar-refractivity contribution in [1.82, 2.24) is 9.55 Å². The summed E-state index contributed by atoms with van der Waals surface area (Å²) in [6.07, 6.45) is 2.19. The molecule has 4 rings (SSSR count). The highest BCUT2D eigenvalue weighted by atomic mass is 35.5. The number of rotatable bonds is 5. The number of fused-ring (bicyclic) bond motifs is 1. The van der Waals surface area contributed by atoms with Crippen molar-refractivity contribution in [2.75, 3.05) is 13.7 Å². The van der Waals surface area contributed by atoms with Gasteiger partial charge in [0.15, 0.2) is 0 Å². The van der Waals surface area contributed by atoms with E-state index in [9.17, 15) is 4.79 Å². The molecule has 122 valence electrons. The lowest BCUT2D eigenvalue weighted by molar-refractivity contribution is -0.142.